The number of aromatic nitrogens is 4. The molecule has 0 fully saturated rings. The second-order valence-electron chi connectivity index (χ2n) is 7.26. The van der Waals surface area contributed by atoms with Gasteiger partial charge in [0, 0.05) is 24.4 Å². The molecule has 1 aliphatic rings. The Labute approximate surface area is 186 Å². The highest BCUT2D eigenvalue weighted by Crippen LogP contribution is 2.37. The van der Waals surface area contributed by atoms with E-state index < -0.39 is 16.9 Å². The van der Waals surface area contributed by atoms with Crippen LogP contribution in [0, 0.1) is 11.3 Å². The van der Waals surface area contributed by atoms with Crippen LogP contribution in [0.4, 0.5) is 5.69 Å². The van der Waals surface area contributed by atoms with Crippen LogP contribution in [0.2, 0.25) is 10.0 Å². The molecule has 0 unspecified atom stereocenters. The molecule has 1 aromatic carbocycles. The summed E-state index contributed by atoms with van der Waals surface area (Å²) < 4.78 is 2.68. The number of aromatic amines is 1. The van der Waals surface area contributed by atoms with Crippen LogP contribution in [-0.4, -0.2) is 31.3 Å². The van der Waals surface area contributed by atoms with Crippen molar-refractivity contribution in [2.45, 2.75) is 32.7 Å². The largest absolute Gasteiger partial charge is 0.349 e. The quantitative estimate of drug-likeness (QED) is 0.646. The van der Waals surface area contributed by atoms with Gasteiger partial charge in [-0.15, -0.1) is 5.10 Å². The van der Waals surface area contributed by atoms with Gasteiger partial charge in [0.25, 0.3) is 5.56 Å². The minimum Gasteiger partial charge on any atom is -0.316 e. The molecule has 9 nitrogen and oxygen atoms in total. The van der Waals surface area contributed by atoms with Gasteiger partial charge in [-0.3, -0.25) is 14.6 Å². The zero-order valence-corrected chi connectivity index (χ0v) is 18.0. The third-order valence-corrected chi connectivity index (χ3v) is 5.59. The van der Waals surface area contributed by atoms with Crippen molar-refractivity contribution in [2.75, 3.05) is 4.90 Å². The summed E-state index contributed by atoms with van der Waals surface area (Å²) in [4.78, 5) is 39.9. The number of hydrogen-bond acceptors (Lipinski definition) is 5. The summed E-state index contributed by atoms with van der Waals surface area (Å²) in [6.45, 7) is 3.90. The molecule has 0 bridgehead atoms. The summed E-state index contributed by atoms with van der Waals surface area (Å²) in [7, 11) is 0. The standard InChI is InChI=1S/C20H16Cl2N6O3/c1-10(2)27-16-5-6-26(15(16)3-4-17(27)29)18-12(21)7-11(8-13(18)22)28-20(31)24-19(30)14(9-23)25-28/h5-8,10H,3-4H2,1-2H3,(H,24,30,31). The molecule has 0 spiro atoms. The number of benzene rings is 1. The summed E-state index contributed by atoms with van der Waals surface area (Å²) in [5, 5.41) is 13.3. The minimum absolute atomic E-state index is 0.00300. The first-order valence-corrected chi connectivity index (χ1v) is 10.1. The highest BCUT2D eigenvalue weighted by Gasteiger charge is 2.30. The van der Waals surface area contributed by atoms with Crippen molar-refractivity contribution in [3.8, 4) is 17.4 Å². The number of amides is 1. The summed E-state index contributed by atoms with van der Waals surface area (Å²) >= 11 is 13.1. The van der Waals surface area contributed by atoms with Gasteiger partial charge in [0.2, 0.25) is 11.6 Å². The highest BCUT2D eigenvalue weighted by atomic mass is 35.5. The van der Waals surface area contributed by atoms with Crippen LogP contribution < -0.4 is 16.1 Å². The molecule has 1 aliphatic heterocycles. The Morgan fingerprint density at radius 1 is 1.16 bits per heavy atom. The molecule has 1 N–H and O–H groups in total. The molecule has 3 heterocycles. The van der Waals surface area contributed by atoms with E-state index in [0.717, 1.165) is 16.1 Å². The Kier molecular flexibility index (Phi) is 5.21. The maximum absolute atomic E-state index is 12.4. The van der Waals surface area contributed by atoms with Gasteiger partial charge in [0.1, 0.15) is 6.07 Å². The molecule has 0 aliphatic carbocycles. The third-order valence-electron chi connectivity index (χ3n) is 5.01. The molecule has 3 aromatic rings. The number of nitrogens with one attached hydrogen (secondary N) is 1. The first-order chi connectivity index (χ1) is 14.7. The van der Waals surface area contributed by atoms with Gasteiger partial charge in [-0.05, 0) is 38.5 Å². The lowest BCUT2D eigenvalue weighted by Gasteiger charge is -2.31. The van der Waals surface area contributed by atoms with E-state index in [1.165, 1.54) is 12.1 Å². The van der Waals surface area contributed by atoms with E-state index in [4.69, 9.17) is 28.5 Å². The Hall–Kier alpha value is -3.35. The van der Waals surface area contributed by atoms with Gasteiger partial charge in [-0.25, -0.2) is 4.79 Å². The molecule has 158 valence electrons. The number of hydrogen-bond donors (Lipinski definition) is 1. The number of anilines is 1. The van der Waals surface area contributed by atoms with Crippen LogP contribution in [0.15, 0.2) is 34.0 Å². The van der Waals surface area contributed by atoms with Crippen LogP contribution in [0.5, 0.6) is 0 Å². The zero-order valence-electron chi connectivity index (χ0n) is 16.5. The monoisotopic (exact) mass is 458 g/mol. The minimum atomic E-state index is -0.874. The normalized spacial score (nSPS) is 13.4. The third kappa shape index (κ3) is 3.44. The molecule has 0 saturated heterocycles. The van der Waals surface area contributed by atoms with Crippen molar-refractivity contribution >= 4 is 34.8 Å². The number of nitrogens with zero attached hydrogens (tertiary/aromatic N) is 5. The van der Waals surface area contributed by atoms with E-state index >= 15 is 0 Å². The topological polar surface area (TPSA) is 117 Å². The number of rotatable bonds is 3. The molecule has 2 aromatic heterocycles. The summed E-state index contributed by atoms with van der Waals surface area (Å²) in [5.74, 6) is 0.0598. The van der Waals surface area contributed by atoms with Gasteiger partial charge in [-0.2, -0.15) is 9.94 Å². The fraction of sp³-hybridized carbons (Fsp3) is 0.250. The predicted octanol–water partition coefficient (Wildman–Crippen LogP) is 2.58. The van der Waals surface area contributed by atoms with E-state index in [1.807, 2.05) is 29.5 Å². The molecule has 0 radical (unpaired) electrons. The van der Waals surface area contributed by atoms with Gasteiger partial charge in [0.15, 0.2) is 0 Å². The Morgan fingerprint density at radius 3 is 2.45 bits per heavy atom. The Morgan fingerprint density at radius 2 is 1.84 bits per heavy atom. The second kappa shape index (κ2) is 7.72. The summed E-state index contributed by atoms with van der Waals surface area (Å²) in [6, 6.07) is 6.42. The van der Waals surface area contributed by atoms with Gasteiger partial charge < -0.3 is 9.47 Å². The van der Waals surface area contributed by atoms with Gasteiger partial charge >= 0.3 is 5.69 Å². The molecule has 4 rings (SSSR count). The number of H-pyrrole nitrogens is 1. The second-order valence-corrected chi connectivity index (χ2v) is 8.08. The Balaban J connectivity index is 1.85. The van der Waals surface area contributed by atoms with E-state index in [-0.39, 0.29) is 27.7 Å². The van der Waals surface area contributed by atoms with Gasteiger partial charge in [-0.1, -0.05) is 23.2 Å². The summed E-state index contributed by atoms with van der Waals surface area (Å²) in [6.07, 6.45) is 2.70. The maximum atomic E-state index is 12.4. The predicted molar refractivity (Wildman–Crippen MR) is 115 cm³/mol. The highest BCUT2D eigenvalue weighted by molar-refractivity contribution is 6.38. The first kappa shape index (κ1) is 20.9. The molecule has 1 amide bonds. The molecular weight excluding hydrogens is 443 g/mol. The molecule has 0 saturated carbocycles. The van der Waals surface area contributed by atoms with Crippen molar-refractivity contribution in [2.24, 2.45) is 0 Å². The van der Waals surface area contributed by atoms with Crippen molar-refractivity contribution in [1.29, 1.82) is 5.26 Å². The first-order valence-electron chi connectivity index (χ1n) is 9.38. The van der Waals surface area contributed by atoms with Crippen molar-refractivity contribution in [1.82, 2.24) is 19.3 Å². The smallest absolute Gasteiger partial charge is 0.316 e. The van der Waals surface area contributed by atoms with E-state index in [9.17, 15) is 14.4 Å². The summed E-state index contributed by atoms with van der Waals surface area (Å²) in [5.41, 5.74) is 0.222. The lowest BCUT2D eigenvalue weighted by atomic mass is 10.1. The average molecular weight is 459 g/mol. The number of fused-ring (bicyclic) bond motifs is 1. The molecular formula is C20H16Cl2N6O3. The number of carbonyl (C=O) groups excluding carboxylic acids is 1. The zero-order chi connectivity index (χ0) is 22.4. The Bertz CT molecular complexity index is 1360. The number of halogens is 2. The van der Waals surface area contributed by atoms with E-state index in [2.05, 4.69) is 5.10 Å². The van der Waals surface area contributed by atoms with Crippen LogP contribution in [0.3, 0.4) is 0 Å². The fourth-order valence-corrected chi connectivity index (χ4v) is 4.39. The maximum Gasteiger partial charge on any atom is 0.349 e. The number of carbonyl (C=O) groups is 1. The SMILES string of the molecule is CC(C)N1C(=O)CCc2c1ccn2-c1c(Cl)cc(-n2nc(C#N)c(=O)[nH]c2=O)cc1Cl. The van der Waals surface area contributed by atoms with E-state index in [0.29, 0.717) is 18.5 Å². The fourth-order valence-electron chi connectivity index (χ4n) is 3.73. The van der Waals surface area contributed by atoms with Gasteiger partial charge in [0.05, 0.1) is 27.1 Å². The lowest BCUT2D eigenvalue weighted by molar-refractivity contribution is -0.119. The van der Waals surface area contributed by atoms with Crippen LogP contribution in [0.1, 0.15) is 31.7 Å². The van der Waals surface area contributed by atoms with Crippen molar-refractivity contribution in [3.05, 3.63) is 66.7 Å². The lowest BCUT2D eigenvalue weighted by Crippen LogP contribution is -2.40. The molecule has 0 atom stereocenters. The van der Waals surface area contributed by atoms with E-state index in [1.54, 1.807) is 17.2 Å². The average Bonchev–Trinajstić information content (AvgIpc) is 3.10. The number of nitriles is 1. The van der Waals surface area contributed by atoms with Crippen molar-refractivity contribution < 1.29 is 4.79 Å². The van der Waals surface area contributed by atoms with Crippen LogP contribution in [-0.2, 0) is 11.2 Å². The molecule has 11 heteroatoms. The van der Waals surface area contributed by atoms with Crippen LogP contribution in [0.25, 0.3) is 11.4 Å². The van der Waals surface area contributed by atoms with Crippen molar-refractivity contribution in [3.63, 3.8) is 0 Å². The molecule has 31 heavy (non-hydrogen) atoms. The van der Waals surface area contributed by atoms with Crippen LogP contribution >= 0.6 is 23.2 Å².